The molecule has 0 amide bonds. The molecule has 14 heavy (non-hydrogen) atoms. The Morgan fingerprint density at radius 2 is 2.36 bits per heavy atom. The zero-order chi connectivity index (χ0) is 9.97. The highest BCUT2D eigenvalue weighted by atomic mass is 16.5. The number of fused-ring (bicyclic) bond motifs is 1. The van der Waals surface area contributed by atoms with Gasteiger partial charge in [0.2, 0.25) is 5.88 Å². The van der Waals surface area contributed by atoms with E-state index in [0.29, 0.717) is 6.04 Å². The van der Waals surface area contributed by atoms with Crippen molar-refractivity contribution < 1.29 is 4.74 Å². The second-order valence-corrected chi connectivity index (χ2v) is 3.88. The van der Waals surface area contributed by atoms with Gasteiger partial charge < -0.3 is 4.74 Å². The van der Waals surface area contributed by atoms with Crippen molar-refractivity contribution in [2.75, 3.05) is 13.2 Å². The molecule has 3 heteroatoms. The van der Waals surface area contributed by atoms with E-state index in [1.54, 1.807) is 6.20 Å². The molecule has 2 heterocycles. The molecule has 1 aliphatic rings. The van der Waals surface area contributed by atoms with Crippen molar-refractivity contribution in [1.82, 2.24) is 9.88 Å². The van der Waals surface area contributed by atoms with Gasteiger partial charge in [-0.15, -0.1) is 0 Å². The molecule has 0 N–H and O–H groups in total. The number of hydrogen-bond donors (Lipinski definition) is 0. The summed E-state index contributed by atoms with van der Waals surface area (Å²) in [5.74, 6) is 0.802. The minimum absolute atomic E-state index is 0.560. The number of ether oxygens (including phenoxy) is 1. The van der Waals surface area contributed by atoms with Crippen molar-refractivity contribution in [1.29, 1.82) is 0 Å². The summed E-state index contributed by atoms with van der Waals surface area (Å²) < 4.78 is 5.58. The van der Waals surface area contributed by atoms with Gasteiger partial charge in [0.1, 0.15) is 6.61 Å². The Bertz CT molecular complexity index is 312. The molecule has 3 nitrogen and oxygen atoms in total. The summed E-state index contributed by atoms with van der Waals surface area (Å²) in [6.45, 7) is 7.08. The summed E-state index contributed by atoms with van der Waals surface area (Å²) in [6, 6.07) is 4.61. The Morgan fingerprint density at radius 1 is 1.50 bits per heavy atom. The molecule has 0 unspecified atom stereocenters. The van der Waals surface area contributed by atoms with Gasteiger partial charge in [0.05, 0.1) is 0 Å². The largest absolute Gasteiger partial charge is 0.476 e. The van der Waals surface area contributed by atoms with Crippen LogP contribution in [0.2, 0.25) is 0 Å². The summed E-state index contributed by atoms with van der Waals surface area (Å²) in [7, 11) is 0. The molecule has 1 aromatic heterocycles. The van der Waals surface area contributed by atoms with Crippen molar-refractivity contribution in [2.45, 2.75) is 26.4 Å². The summed E-state index contributed by atoms with van der Waals surface area (Å²) in [4.78, 5) is 6.62. The zero-order valence-electron chi connectivity index (χ0n) is 8.73. The predicted molar refractivity (Wildman–Crippen MR) is 55.3 cm³/mol. The first kappa shape index (κ1) is 9.46. The Kier molecular flexibility index (Phi) is 2.68. The molecular weight excluding hydrogens is 176 g/mol. The maximum absolute atomic E-state index is 5.58. The van der Waals surface area contributed by atoms with Crippen LogP contribution in [0.5, 0.6) is 5.88 Å². The fourth-order valence-electron chi connectivity index (χ4n) is 1.67. The van der Waals surface area contributed by atoms with Gasteiger partial charge in [0, 0.05) is 30.9 Å². The van der Waals surface area contributed by atoms with Crippen LogP contribution >= 0.6 is 0 Å². The van der Waals surface area contributed by atoms with Gasteiger partial charge in [0.25, 0.3) is 0 Å². The zero-order valence-corrected chi connectivity index (χ0v) is 8.73. The molecule has 2 rings (SSSR count). The number of pyridine rings is 1. The molecule has 0 saturated heterocycles. The molecule has 0 aromatic carbocycles. The average Bonchev–Trinajstić information content (AvgIpc) is 2.39. The van der Waals surface area contributed by atoms with Gasteiger partial charge in [-0.2, -0.15) is 0 Å². The number of aromatic nitrogens is 1. The normalized spacial score (nSPS) is 17.4. The monoisotopic (exact) mass is 192 g/mol. The molecule has 0 bridgehead atoms. The standard InChI is InChI=1S/C11H16N2O/c1-9(2)13-6-7-14-11-10(8-13)4-3-5-12-11/h3-5,9H,6-8H2,1-2H3. The van der Waals surface area contributed by atoms with E-state index in [1.807, 2.05) is 6.07 Å². The number of rotatable bonds is 1. The maximum Gasteiger partial charge on any atom is 0.217 e. The van der Waals surface area contributed by atoms with Crippen LogP contribution in [0, 0.1) is 0 Å². The van der Waals surface area contributed by atoms with Crippen molar-refractivity contribution in [2.24, 2.45) is 0 Å². The average molecular weight is 192 g/mol. The fourth-order valence-corrected chi connectivity index (χ4v) is 1.67. The van der Waals surface area contributed by atoms with Gasteiger partial charge in [-0.3, -0.25) is 4.90 Å². The van der Waals surface area contributed by atoms with E-state index >= 15 is 0 Å². The Labute approximate surface area is 84.7 Å². The van der Waals surface area contributed by atoms with Crippen molar-refractivity contribution in [3.8, 4) is 5.88 Å². The third kappa shape index (κ3) is 1.87. The summed E-state index contributed by atoms with van der Waals surface area (Å²) in [5, 5.41) is 0. The van der Waals surface area contributed by atoms with Crippen molar-refractivity contribution >= 4 is 0 Å². The lowest BCUT2D eigenvalue weighted by Crippen LogP contribution is -2.32. The lowest BCUT2D eigenvalue weighted by atomic mass is 10.2. The van der Waals surface area contributed by atoms with E-state index in [0.717, 1.165) is 25.6 Å². The first-order chi connectivity index (χ1) is 6.77. The van der Waals surface area contributed by atoms with E-state index in [4.69, 9.17) is 4.74 Å². The lowest BCUT2D eigenvalue weighted by molar-refractivity contribution is 0.187. The minimum atomic E-state index is 0.560. The highest BCUT2D eigenvalue weighted by Gasteiger charge is 2.17. The van der Waals surface area contributed by atoms with E-state index in [9.17, 15) is 0 Å². The second-order valence-electron chi connectivity index (χ2n) is 3.88. The van der Waals surface area contributed by atoms with Crippen molar-refractivity contribution in [3.05, 3.63) is 23.9 Å². The second kappa shape index (κ2) is 3.96. The van der Waals surface area contributed by atoms with Crippen LogP contribution in [-0.4, -0.2) is 29.1 Å². The predicted octanol–water partition coefficient (Wildman–Crippen LogP) is 1.68. The van der Waals surface area contributed by atoms with E-state index in [2.05, 4.69) is 29.8 Å². The number of nitrogens with zero attached hydrogens (tertiary/aromatic N) is 2. The molecule has 0 saturated carbocycles. The molecule has 0 spiro atoms. The van der Waals surface area contributed by atoms with Crippen LogP contribution in [-0.2, 0) is 6.54 Å². The van der Waals surface area contributed by atoms with E-state index < -0.39 is 0 Å². The van der Waals surface area contributed by atoms with Gasteiger partial charge >= 0.3 is 0 Å². The first-order valence-corrected chi connectivity index (χ1v) is 5.08. The lowest BCUT2D eigenvalue weighted by Gasteiger charge is -2.23. The summed E-state index contributed by atoms with van der Waals surface area (Å²) in [5.41, 5.74) is 1.19. The molecule has 0 radical (unpaired) electrons. The third-order valence-electron chi connectivity index (χ3n) is 2.57. The highest BCUT2D eigenvalue weighted by Crippen LogP contribution is 2.20. The first-order valence-electron chi connectivity index (χ1n) is 5.08. The van der Waals surface area contributed by atoms with Gasteiger partial charge in [-0.1, -0.05) is 6.07 Å². The molecule has 1 aromatic rings. The van der Waals surface area contributed by atoms with Crippen LogP contribution in [0.4, 0.5) is 0 Å². The quantitative estimate of drug-likeness (QED) is 0.677. The number of hydrogen-bond acceptors (Lipinski definition) is 3. The SMILES string of the molecule is CC(C)N1CCOc2ncccc2C1. The molecule has 0 aliphatic carbocycles. The van der Waals surface area contributed by atoms with Crippen LogP contribution in [0.3, 0.4) is 0 Å². The minimum Gasteiger partial charge on any atom is -0.476 e. The summed E-state index contributed by atoms with van der Waals surface area (Å²) >= 11 is 0. The van der Waals surface area contributed by atoms with Crippen LogP contribution < -0.4 is 4.74 Å². The van der Waals surface area contributed by atoms with E-state index in [1.165, 1.54) is 5.56 Å². The van der Waals surface area contributed by atoms with Crippen molar-refractivity contribution in [3.63, 3.8) is 0 Å². The van der Waals surface area contributed by atoms with E-state index in [-0.39, 0.29) is 0 Å². The molecule has 76 valence electrons. The van der Waals surface area contributed by atoms with Gasteiger partial charge in [0.15, 0.2) is 0 Å². The fraction of sp³-hybridized carbons (Fsp3) is 0.545. The molecule has 0 fully saturated rings. The topological polar surface area (TPSA) is 25.4 Å². The maximum atomic E-state index is 5.58. The Morgan fingerprint density at radius 3 is 3.14 bits per heavy atom. The molecule has 0 atom stereocenters. The van der Waals surface area contributed by atoms with Crippen LogP contribution in [0.25, 0.3) is 0 Å². The Hall–Kier alpha value is -1.09. The summed E-state index contributed by atoms with van der Waals surface area (Å²) in [6.07, 6.45) is 1.78. The third-order valence-corrected chi connectivity index (χ3v) is 2.57. The van der Waals surface area contributed by atoms with Crippen LogP contribution in [0.1, 0.15) is 19.4 Å². The smallest absolute Gasteiger partial charge is 0.217 e. The van der Waals surface area contributed by atoms with Gasteiger partial charge in [-0.05, 0) is 19.9 Å². The van der Waals surface area contributed by atoms with Gasteiger partial charge in [-0.25, -0.2) is 4.98 Å². The highest BCUT2D eigenvalue weighted by molar-refractivity contribution is 5.26. The molecule has 1 aliphatic heterocycles. The molecular formula is C11H16N2O. The Balaban J connectivity index is 2.22. The van der Waals surface area contributed by atoms with Crippen LogP contribution in [0.15, 0.2) is 18.3 Å².